The lowest BCUT2D eigenvalue weighted by atomic mass is 9.83. The number of carboxylic acid groups (broad SMARTS) is 1. The lowest BCUT2D eigenvalue weighted by Crippen LogP contribution is -2.54. The number of hydrogen-bond donors (Lipinski definition) is 1. The number of rotatable bonds is 33. The molecule has 2 saturated heterocycles. The molecular weight excluding hydrogens is 1030 g/mol. The first-order chi connectivity index (χ1) is 37.5. The van der Waals surface area contributed by atoms with Gasteiger partial charge in [0, 0.05) is 90.9 Å². The van der Waals surface area contributed by atoms with Gasteiger partial charge in [0.2, 0.25) is 23.6 Å². The van der Waals surface area contributed by atoms with Crippen molar-refractivity contribution in [2.24, 2.45) is 29.6 Å². The Balaban J connectivity index is 1.35. The zero-order valence-corrected chi connectivity index (χ0v) is 49.6. The van der Waals surface area contributed by atoms with Crippen LogP contribution in [0.15, 0.2) is 60.2 Å². The van der Waals surface area contributed by atoms with Crippen LogP contribution in [-0.4, -0.2) is 161 Å². The van der Waals surface area contributed by atoms with E-state index in [1.54, 1.807) is 60.2 Å². The van der Waals surface area contributed by atoms with Crippen LogP contribution in [0.3, 0.4) is 0 Å². The summed E-state index contributed by atoms with van der Waals surface area (Å²) in [4.78, 5) is 126. The van der Waals surface area contributed by atoms with Crippen molar-refractivity contribution in [3.8, 4) is 0 Å². The molecule has 4 rings (SSSR count). The number of likely N-dealkylation sites (N-methyl/N-ethyl adjacent to an activating group) is 2. The Morgan fingerprint density at radius 3 is 2.05 bits per heavy atom. The van der Waals surface area contributed by atoms with Crippen LogP contribution in [0.1, 0.15) is 136 Å². The maximum Gasteiger partial charge on any atom is 0.410 e. The highest BCUT2D eigenvalue weighted by Crippen LogP contribution is 2.32. The first kappa shape index (κ1) is 65.8. The van der Waals surface area contributed by atoms with Crippen molar-refractivity contribution in [2.45, 2.75) is 168 Å². The fourth-order valence-electron chi connectivity index (χ4n) is 11.1. The number of thioether (sulfide) groups is 1. The molecule has 0 saturated carbocycles. The number of unbranched alkanes of at least 4 members (excludes halogenated alkanes) is 2. The molecule has 2 fully saturated rings. The average molecular weight is 1120 g/mol. The SMILES string of the molecule is CC[C@H](C)[C@@H]([C@@H](CC(=O)N1CCC[C@H]1[C@H](OC)[C@@H](C)C(=O)C/C(=C/c1ccccc1)C(=O)O)OC)N(C)C(=O)[C@@H](CC(=O)[C@H](C(C)C)N(C)C(=O)OCc1ccc(CC(=O)CCCCCN2C(=O)CC(SC)C2=O)cc1)C(C)C. The zero-order chi connectivity index (χ0) is 58.7. The van der Waals surface area contributed by atoms with Crippen LogP contribution in [0.25, 0.3) is 6.08 Å². The second kappa shape index (κ2) is 31.9. The zero-order valence-electron chi connectivity index (χ0n) is 48.8. The molecule has 436 valence electrons. The Kier molecular flexibility index (Phi) is 26.6. The van der Waals surface area contributed by atoms with E-state index in [-0.39, 0.29) is 108 Å². The van der Waals surface area contributed by atoms with E-state index >= 15 is 0 Å². The smallest absolute Gasteiger partial charge is 0.410 e. The maximum absolute atomic E-state index is 14.8. The summed E-state index contributed by atoms with van der Waals surface area (Å²) in [6.45, 7) is 13.9. The highest BCUT2D eigenvalue weighted by atomic mass is 32.2. The molecule has 1 N–H and O–H groups in total. The van der Waals surface area contributed by atoms with Gasteiger partial charge >= 0.3 is 12.1 Å². The predicted octanol–water partition coefficient (Wildman–Crippen LogP) is 8.72. The van der Waals surface area contributed by atoms with Crippen LogP contribution >= 0.6 is 11.8 Å². The number of hydrogen-bond acceptors (Lipinski definition) is 13. The van der Waals surface area contributed by atoms with Crippen LogP contribution < -0.4 is 0 Å². The molecule has 18 heteroatoms. The Hall–Kier alpha value is -5.72. The normalized spacial score (nSPS) is 18.5. The Bertz CT molecular complexity index is 2430. The van der Waals surface area contributed by atoms with Gasteiger partial charge in [-0.05, 0) is 72.5 Å². The van der Waals surface area contributed by atoms with Gasteiger partial charge in [-0.25, -0.2) is 9.59 Å². The predicted molar refractivity (Wildman–Crippen MR) is 305 cm³/mol. The summed E-state index contributed by atoms with van der Waals surface area (Å²) in [5.41, 5.74) is 2.13. The van der Waals surface area contributed by atoms with Gasteiger partial charge in [0.25, 0.3) is 0 Å². The molecule has 0 spiro atoms. The molecular formula is C61H88N4O13S. The van der Waals surface area contributed by atoms with E-state index in [0.717, 1.165) is 12.0 Å². The minimum atomic E-state index is -1.19. The summed E-state index contributed by atoms with van der Waals surface area (Å²) in [6, 6.07) is 14.2. The summed E-state index contributed by atoms with van der Waals surface area (Å²) in [7, 11) is 6.20. The van der Waals surface area contributed by atoms with Gasteiger partial charge in [0.15, 0.2) is 5.78 Å². The molecule has 0 bridgehead atoms. The molecule has 0 radical (unpaired) electrons. The largest absolute Gasteiger partial charge is 0.478 e. The molecule has 2 aromatic carbocycles. The molecule has 2 heterocycles. The first-order valence-electron chi connectivity index (χ1n) is 28.0. The molecule has 2 aliphatic heterocycles. The summed E-state index contributed by atoms with van der Waals surface area (Å²) in [6.07, 6.45) is 5.44. The van der Waals surface area contributed by atoms with Crippen molar-refractivity contribution in [2.75, 3.05) is 47.7 Å². The van der Waals surface area contributed by atoms with E-state index in [2.05, 4.69) is 0 Å². The topological polar surface area (TPSA) is 215 Å². The quantitative estimate of drug-likeness (QED) is 0.0402. The number of likely N-dealkylation sites (tertiary alicyclic amines) is 2. The third kappa shape index (κ3) is 18.4. The van der Waals surface area contributed by atoms with Gasteiger partial charge in [-0.1, -0.05) is 116 Å². The molecule has 1 unspecified atom stereocenters. The van der Waals surface area contributed by atoms with E-state index in [4.69, 9.17) is 14.2 Å². The van der Waals surface area contributed by atoms with Crippen LogP contribution in [0.2, 0.25) is 0 Å². The molecule has 0 aliphatic carbocycles. The van der Waals surface area contributed by atoms with Gasteiger partial charge in [-0.2, -0.15) is 11.8 Å². The van der Waals surface area contributed by atoms with Crippen molar-refractivity contribution in [1.82, 2.24) is 19.6 Å². The Morgan fingerprint density at radius 1 is 0.823 bits per heavy atom. The van der Waals surface area contributed by atoms with Crippen molar-refractivity contribution < 1.29 is 62.5 Å². The van der Waals surface area contributed by atoms with Crippen LogP contribution in [0.5, 0.6) is 0 Å². The van der Waals surface area contributed by atoms with Crippen LogP contribution in [-0.2, 0) is 65.6 Å². The average Bonchev–Trinajstić information content (AvgIpc) is 4.01. The number of imide groups is 1. The van der Waals surface area contributed by atoms with E-state index < -0.39 is 54.2 Å². The monoisotopic (exact) mass is 1120 g/mol. The molecule has 2 aliphatic rings. The number of carbonyl (C=O) groups is 9. The number of methoxy groups -OCH3 is 2. The van der Waals surface area contributed by atoms with E-state index in [1.807, 2.05) is 66.0 Å². The van der Waals surface area contributed by atoms with Crippen LogP contribution in [0, 0.1) is 29.6 Å². The number of ketones is 3. The number of carboxylic acids is 1. The second-order valence-corrected chi connectivity index (χ2v) is 23.2. The standard InChI is InChI=1S/C61H88N4O13S/c1-13-40(6)56(51(76-10)35-53(69)64-30-20-24-48(64)57(77-11)41(7)49(67)33-45(60(73)74)31-42-21-16-14-17-22-42)62(8)58(71)47(38(2)3)34-50(68)55(39(4)5)63(9)61(75)78-37-44-27-25-43(26-28-44)32-46(66)23-18-15-19-29-65-54(70)36-52(79-12)59(65)72/h14,16-17,21-22,25-28,31,38-41,47-48,51-52,55-57H,13,15,18-20,23-24,29-30,32-37H2,1-12H3,(H,73,74)/b45-31-/t40-,41-,47-,48-,51+,52?,55-,56-,57+/m0/s1. The van der Waals surface area contributed by atoms with Crippen LogP contribution in [0.4, 0.5) is 4.79 Å². The molecule has 0 aromatic heterocycles. The van der Waals surface area contributed by atoms with Crippen molar-refractivity contribution in [3.05, 3.63) is 76.9 Å². The number of Topliss-reactive ketones (excluding diaryl/α,β-unsaturated/α-hetero) is 3. The molecule has 9 atom stereocenters. The minimum absolute atomic E-state index is 0.0462. The third-order valence-electron chi connectivity index (χ3n) is 16.0. The Morgan fingerprint density at radius 2 is 1.48 bits per heavy atom. The summed E-state index contributed by atoms with van der Waals surface area (Å²) >= 11 is 1.39. The van der Waals surface area contributed by atoms with Crippen molar-refractivity contribution >= 4 is 70.9 Å². The van der Waals surface area contributed by atoms with E-state index in [1.165, 1.54) is 48.9 Å². The summed E-state index contributed by atoms with van der Waals surface area (Å²) < 4.78 is 17.7. The highest BCUT2D eigenvalue weighted by Gasteiger charge is 2.44. The maximum atomic E-state index is 14.8. The number of amides is 5. The lowest BCUT2D eigenvalue weighted by molar-refractivity contribution is -0.149. The number of benzene rings is 2. The number of aliphatic carboxylic acids is 1. The lowest BCUT2D eigenvalue weighted by Gasteiger charge is -2.41. The fraction of sp³-hybridized carbons (Fsp3) is 0.623. The van der Waals surface area contributed by atoms with Gasteiger partial charge in [0.1, 0.15) is 18.2 Å². The third-order valence-corrected chi connectivity index (χ3v) is 16.9. The van der Waals surface area contributed by atoms with Gasteiger partial charge in [0.05, 0.1) is 42.0 Å². The molecule has 79 heavy (non-hydrogen) atoms. The fourth-order valence-corrected chi connectivity index (χ4v) is 11.8. The van der Waals surface area contributed by atoms with Gasteiger partial charge < -0.3 is 34.0 Å². The number of ether oxygens (including phenoxy) is 3. The summed E-state index contributed by atoms with van der Waals surface area (Å²) in [5, 5.41) is 9.68. The van der Waals surface area contributed by atoms with Gasteiger partial charge in [-0.15, -0.1) is 0 Å². The molecule has 17 nitrogen and oxygen atoms in total. The van der Waals surface area contributed by atoms with Crippen molar-refractivity contribution in [1.29, 1.82) is 0 Å². The van der Waals surface area contributed by atoms with Crippen molar-refractivity contribution in [3.63, 3.8) is 0 Å². The number of nitrogens with zero attached hydrogens (tertiary/aromatic N) is 4. The molecule has 2 aromatic rings. The highest BCUT2D eigenvalue weighted by molar-refractivity contribution is 8.00. The first-order valence-corrected chi connectivity index (χ1v) is 29.3. The van der Waals surface area contributed by atoms with E-state index in [0.29, 0.717) is 62.7 Å². The van der Waals surface area contributed by atoms with Gasteiger partial charge in [-0.3, -0.25) is 38.5 Å². The number of carbonyl (C=O) groups excluding carboxylic acids is 8. The minimum Gasteiger partial charge on any atom is -0.478 e. The second-order valence-electron chi connectivity index (χ2n) is 22.1. The summed E-state index contributed by atoms with van der Waals surface area (Å²) in [5.74, 6) is -4.74. The Labute approximate surface area is 472 Å². The molecule has 5 amide bonds. The van der Waals surface area contributed by atoms with E-state index in [9.17, 15) is 48.3 Å².